The van der Waals surface area contributed by atoms with Gasteiger partial charge in [-0.2, -0.15) is 0 Å². The lowest BCUT2D eigenvalue weighted by atomic mass is 9.65. The Labute approximate surface area is 221 Å². The SMILES string of the molecule is Cc1ccccc1N1C(C2CCCC2)N2c3ccccc3C(c3ccccc3)(c3ccccc3)C2[C@@H]1C. The van der Waals surface area contributed by atoms with Crippen LogP contribution in [-0.4, -0.2) is 18.2 Å². The smallest absolute Gasteiger partial charge is 0.105 e. The second kappa shape index (κ2) is 8.80. The van der Waals surface area contributed by atoms with Crippen LogP contribution in [0.4, 0.5) is 11.4 Å². The van der Waals surface area contributed by atoms with E-state index in [-0.39, 0.29) is 5.41 Å². The molecule has 4 aromatic carbocycles. The van der Waals surface area contributed by atoms with Crippen LogP contribution < -0.4 is 9.80 Å². The van der Waals surface area contributed by atoms with Crippen molar-refractivity contribution in [2.45, 2.75) is 63.2 Å². The van der Waals surface area contributed by atoms with E-state index in [0.29, 0.717) is 24.2 Å². The number of hydrogen-bond acceptors (Lipinski definition) is 2. The van der Waals surface area contributed by atoms with Gasteiger partial charge >= 0.3 is 0 Å². The number of para-hydroxylation sites is 2. The largest absolute Gasteiger partial charge is 0.346 e. The molecular formula is C35H36N2. The summed E-state index contributed by atoms with van der Waals surface area (Å²) in [6.45, 7) is 4.78. The molecule has 2 fully saturated rings. The summed E-state index contributed by atoms with van der Waals surface area (Å²) in [5.41, 5.74) is 8.18. The summed E-state index contributed by atoms with van der Waals surface area (Å²) < 4.78 is 0. The molecule has 2 heterocycles. The molecule has 0 N–H and O–H groups in total. The number of hydrogen-bond donors (Lipinski definition) is 0. The van der Waals surface area contributed by atoms with Crippen LogP contribution >= 0.6 is 0 Å². The first-order chi connectivity index (χ1) is 18.2. The molecule has 0 bridgehead atoms. The Kier molecular flexibility index (Phi) is 5.39. The van der Waals surface area contributed by atoms with E-state index in [1.807, 2.05) is 0 Å². The number of benzene rings is 4. The van der Waals surface area contributed by atoms with E-state index in [1.165, 1.54) is 59.3 Å². The highest BCUT2D eigenvalue weighted by molar-refractivity contribution is 5.77. The summed E-state index contributed by atoms with van der Waals surface area (Å²) in [5, 5.41) is 0. The maximum atomic E-state index is 2.86. The molecule has 3 aliphatic rings. The lowest BCUT2D eigenvalue weighted by Crippen LogP contribution is -2.49. The van der Waals surface area contributed by atoms with Gasteiger partial charge in [-0.25, -0.2) is 0 Å². The fraction of sp³-hybridized carbons (Fsp3) is 0.314. The lowest BCUT2D eigenvalue weighted by Gasteiger charge is -2.40. The maximum Gasteiger partial charge on any atom is 0.105 e. The van der Waals surface area contributed by atoms with E-state index in [2.05, 4.69) is 133 Å². The maximum absolute atomic E-state index is 2.86. The zero-order valence-electron chi connectivity index (χ0n) is 21.9. The Balaban J connectivity index is 1.54. The van der Waals surface area contributed by atoms with Crippen LogP contribution in [0.5, 0.6) is 0 Å². The third-order valence-corrected chi connectivity index (χ3v) is 9.49. The number of rotatable bonds is 4. The molecule has 2 heteroatoms. The van der Waals surface area contributed by atoms with Gasteiger partial charge in [0, 0.05) is 11.4 Å². The number of fused-ring (bicyclic) bond motifs is 3. The van der Waals surface area contributed by atoms with Crippen molar-refractivity contribution in [1.82, 2.24) is 0 Å². The van der Waals surface area contributed by atoms with Gasteiger partial charge in [-0.15, -0.1) is 0 Å². The Bertz CT molecular complexity index is 1350. The Morgan fingerprint density at radius 1 is 0.622 bits per heavy atom. The van der Waals surface area contributed by atoms with Gasteiger partial charge in [-0.1, -0.05) is 110 Å². The van der Waals surface area contributed by atoms with Gasteiger partial charge in [-0.05, 0) is 67.0 Å². The summed E-state index contributed by atoms with van der Waals surface area (Å²) in [5.74, 6) is 0.669. The predicted octanol–water partition coefficient (Wildman–Crippen LogP) is 7.94. The van der Waals surface area contributed by atoms with E-state index in [4.69, 9.17) is 0 Å². The molecule has 1 saturated heterocycles. The van der Waals surface area contributed by atoms with Crippen molar-refractivity contribution < 1.29 is 0 Å². The van der Waals surface area contributed by atoms with Crippen molar-refractivity contribution in [2.24, 2.45) is 5.92 Å². The zero-order chi connectivity index (χ0) is 25.0. The third kappa shape index (κ3) is 3.18. The first kappa shape index (κ1) is 22.7. The van der Waals surface area contributed by atoms with Crippen LogP contribution in [-0.2, 0) is 5.41 Å². The summed E-state index contributed by atoms with van der Waals surface area (Å²) >= 11 is 0. The van der Waals surface area contributed by atoms with Crippen molar-refractivity contribution in [3.63, 3.8) is 0 Å². The molecule has 0 aromatic heterocycles. The molecule has 0 radical (unpaired) electrons. The highest BCUT2D eigenvalue weighted by Gasteiger charge is 2.63. The molecule has 4 aromatic rings. The van der Waals surface area contributed by atoms with Crippen molar-refractivity contribution in [3.8, 4) is 0 Å². The van der Waals surface area contributed by atoms with Crippen LogP contribution in [0, 0.1) is 12.8 Å². The third-order valence-electron chi connectivity index (χ3n) is 9.49. The summed E-state index contributed by atoms with van der Waals surface area (Å²) in [6.07, 6.45) is 5.68. The molecule has 0 amide bonds. The van der Waals surface area contributed by atoms with Gasteiger partial charge in [0.05, 0.1) is 17.5 Å². The minimum atomic E-state index is -0.243. The normalized spacial score (nSPS) is 24.3. The van der Waals surface area contributed by atoms with E-state index >= 15 is 0 Å². The minimum absolute atomic E-state index is 0.243. The molecule has 2 unspecified atom stereocenters. The average Bonchev–Trinajstić information content (AvgIpc) is 3.65. The summed E-state index contributed by atoms with van der Waals surface area (Å²) in [7, 11) is 0. The van der Waals surface area contributed by atoms with Gasteiger partial charge in [0.15, 0.2) is 0 Å². The fourth-order valence-electron chi connectivity index (χ4n) is 8.12. The molecule has 2 nitrogen and oxygen atoms in total. The standard InChI is InChI=1S/C35H36N2/c1-25-15-9-13-23-31(25)36-26(2)33-35(28-18-5-3-6-19-28,29-20-7-4-8-21-29)30-22-12-14-24-32(30)37(33)34(36)27-16-10-11-17-27/h3-9,12-15,18-24,26-27,33-34H,10-11,16-17H2,1-2H3/t26-,33?,34?/m0/s1. The Morgan fingerprint density at radius 3 is 1.78 bits per heavy atom. The number of aryl methyl sites for hydroxylation is 1. The van der Waals surface area contributed by atoms with E-state index in [0.717, 1.165) is 0 Å². The number of nitrogens with zero attached hydrogens (tertiary/aromatic N) is 2. The Morgan fingerprint density at radius 2 is 1.16 bits per heavy atom. The van der Waals surface area contributed by atoms with E-state index in [9.17, 15) is 0 Å². The van der Waals surface area contributed by atoms with Crippen molar-refractivity contribution in [3.05, 3.63) is 131 Å². The van der Waals surface area contributed by atoms with Crippen molar-refractivity contribution in [1.29, 1.82) is 0 Å². The topological polar surface area (TPSA) is 6.48 Å². The molecule has 2 aliphatic heterocycles. The molecule has 3 atom stereocenters. The van der Waals surface area contributed by atoms with Gasteiger partial charge in [-0.3, -0.25) is 0 Å². The summed E-state index contributed by atoms with van der Waals surface area (Å²) in [6, 6.07) is 41.6. The quantitative estimate of drug-likeness (QED) is 0.290. The zero-order valence-corrected chi connectivity index (χ0v) is 21.9. The average molecular weight is 485 g/mol. The highest BCUT2D eigenvalue weighted by Crippen LogP contribution is 2.60. The lowest BCUT2D eigenvalue weighted by molar-refractivity contribution is 0.420. The van der Waals surface area contributed by atoms with Crippen LogP contribution in [0.1, 0.15) is 54.9 Å². The minimum Gasteiger partial charge on any atom is -0.346 e. The fourth-order valence-corrected chi connectivity index (χ4v) is 8.12. The predicted molar refractivity (Wildman–Crippen MR) is 154 cm³/mol. The van der Waals surface area contributed by atoms with Gasteiger partial charge in [0.1, 0.15) is 6.17 Å². The van der Waals surface area contributed by atoms with Gasteiger partial charge in [0.2, 0.25) is 0 Å². The molecule has 1 saturated carbocycles. The van der Waals surface area contributed by atoms with Crippen molar-refractivity contribution >= 4 is 11.4 Å². The highest BCUT2D eigenvalue weighted by atomic mass is 15.5. The molecule has 186 valence electrons. The molecule has 37 heavy (non-hydrogen) atoms. The van der Waals surface area contributed by atoms with Gasteiger partial charge < -0.3 is 9.80 Å². The first-order valence-corrected chi connectivity index (χ1v) is 14.1. The van der Waals surface area contributed by atoms with Gasteiger partial charge in [0.25, 0.3) is 0 Å². The van der Waals surface area contributed by atoms with Crippen LogP contribution in [0.25, 0.3) is 0 Å². The van der Waals surface area contributed by atoms with E-state index in [1.54, 1.807) is 0 Å². The summed E-state index contributed by atoms with van der Waals surface area (Å²) in [4.78, 5) is 5.68. The van der Waals surface area contributed by atoms with E-state index < -0.39 is 0 Å². The van der Waals surface area contributed by atoms with Crippen molar-refractivity contribution in [2.75, 3.05) is 9.80 Å². The Hall–Kier alpha value is -3.52. The number of anilines is 2. The second-order valence-corrected chi connectivity index (χ2v) is 11.3. The molecule has 1 aliphatic carbocycles. The second-order valence-electron chi connectivity index (χ2n) is 11.3. The monoisotopic (exact) mass is 484 g/mol. The van der Waals surface area contributed by atoms with Crippen LogP contribution in [0.15, 0.2) is 109 Å². The van der Waals surface area contributed by atoms with Crippen LogP contribution in [0.2, 0.25) is 0 Å². The molecular weight excluding hydrogens is 448 g/mol. The first-order valence-electron chi connectivity index (χ1n) is 14.1. The molecule has 0 spiro atoms. The van der Waals surface area contributed by atoms with Crippen LogP contribution in [0.3, 0.4) is 0 Å². The molecule has 7 rings (SSSR count).